The Morgan fingerprint density at radius 2 is 1.88 bits per heavy atom. The maximum atomic E-state index is 13.8. The number of carbonyl (C=O) groups excluding carboxylic acids is 2. The van der Waals surface area contributed by atoms with Gasteiger partial charge in [-0.15, -0.1) is 0 Å². The fraction of sp³-hybridized carbons (Fsp3) is 0.333. The van der Waals surface area contributed by atoms with Crippen molar-refractivity contribution >= 4 is 34.9 Å². The first-order chi connectivity index (χ1) is 23.7. The second kappa shape index (κ2) is 14.9. The molecule has 0 radical (unpaired) electrons. The lowest BCUT2D eigenvalue weighted by Crippen LogP contribution is -2.42. The Morgan fingerprint density at radius 3 is 2.56 bits per heavy atom. The Balaban J connectivity index is 1.28. The van der Waals surface area contributed by atoms with Crippen LogP contribution in [0, 0.1) is 17.2 Å². The number of nitrogens with two attached hydrogens (primary N) is 1. The molecule has 2 aromatic carbocycles. The number of halogens is 3. The highest BCUT2D eigenvalue weighted by molar-refractivity contribution is 6.04. The molecule has 7 N–H and O–H groups in total. The van der Waals surface area contributed by atoms with Crippen LogP contribution >= 0.6 is 0 Å². The van der Waals surface area contributed by atoms with Crippen molar-refractivity contribution in [3.05, 3.63) is 99.4 Å². The minimum Gasteiger partial charge on any atom is -0.445 e. The molecule has 0 saturated carbocycles. The number of pyridine rings is 1. The van der Waals surface area contributed by atoms with Gasteiger partial charge in [0.1, 0.15) is 24.7 Å². The fourth-order valence-electron chi connectivity index (χ4n) is 5.67. The van der Waals surface area contributed by atoms with Gasteiger partial charge in [0, 0.05) is 35.9 Å². The van der Waals surface area contributed by atoms with Crippen LogP contribution < -0.4 is 32.6 Å². The van der Waals surface area contributed by atoms with Crippen LogP contribution in [0.15, 0.2) is 77.1 Å². The number of fused-ring (bicyclic) bond motifs is 1. The van der Waals surface area contributed by atoms with Crippen molar-refractivity contribution in [2.45, 2.75) is 52.5 Å². The van der Waals surface area contributed by atoms with E-state index >= 15 is 0 Å². The summed E-state index contributed by atoms with van der Waals surface area (Å²) in [6.07, 6.45) is 1.33. The second-order valence-electron chi connectivity index (χ2n) is 12.8. The van der Waals surface area contributed by atoms with Gasteiger partial charge in [0.15, 0.2) is 0 Å². The number of carbonyl (C=O) groups is 2. The average molecular weight is 692 g/mol. The summed E-state index contributed by atoms with van der Waals surface area (Å²) in [6, 6.07) is 11.1. The molecule has 2 unspecified atom stereocenters. The molecule has 3 aromatic rings. The van der Waals surface area contributed by atoms with E-state index in [1.807, 2.05) is 39.0 Å². The molecule has 0 saturated heterocycles. The number of amidine groups is 1. The van der Waals surface area contributed by atoms with Crippen LogP contribution in [0.5, 0.6) is 0 Å². The van der Waals surface area contributed by atoms with Crippen LogP contribution in [-0.2, 0) is 28.8 Å². The zero-order chi connectivity index (χ0) is 36.2. The molecule has 11 nitrogen and oxygen atoms in total. The van der Waals surface area contributed by atoms with Gasteiger partial charge in [0.05, 0.1) is 16.9 Å². The van der Waals surface area contributed by atoms with Crippen LogP contribution in [0.2, 0.25) is 0 Å². The van der Waals surface area contributed by atoms with Gasteiger partial charge >= 0.3 is 12.3 Å². The molecule has 14 heteroatoms. The predicted molar refractivity (Wildman–Crippen MR) is 187 cm³/mol. The Morgan fingerprint density at radius 1 is 1.14 bits per heavy atom. The van der Waals surface area contributed by atoms with Crippen molar-refractivity contribution < 1.29 is 27.5 Å². The van der Waals surface area contributed by atoms with Gasteiger partial charge in [0.2, 0.25) is 5.91 Å². The summed E-state index contributed by atoms with van der Waals surface area (Å²) in [5.74, 6) is -0.284. The number of nitrogen functional groups attached to an aromatic ring is 1. The first-order valence-corrected chi connectivity index (χ1v) is 16.2. The number of hydrogen-bond acceptors (Lipinski definition) is 8. The van der Waals surface area contributed by atoms with Crippen molar-refractivity contribution in [3.63, 3.8) is 0 Å². The van der Waals surface area contributed by atoms with Crippen molar-refractivity contribution in [2.24, 2.45) is 11.8 Å². The third-order valence-corrected chi connectivity index (χ3v) is 8.73. The molecule has 2 amide bonds. The van der Waals surface area contributed by atoms with E-state index in [4.69, 9.17) is 15.9 Å². The number of hydrogen-bond donors (Lipinski definition) is 6. The molecule has 2 heterocycles. The smallest absolute Gasteiger partial charge is 0.416 e. The van der Waals surface area contributed by atoms with E-state index < -0.39 is 35.8 Å². The highest BCUT2D eigenvalue weighted by Crippen LogP contribution is 2.36. The van der Waals surface area contributed by atoms with Gasteiger partial charge in [-0.25, -0.2) is 4.79 Å². The summed E-state index contributed by atoms with van der Waals surface area (Å²) in [5, 5.41) is 19.8. The van der Waals surface area contributed by atoms with Gasteiger partial charge in [0.25, 0.3) is 5.56 Å². The topological polar surface area (TPSA) is 163 Å². The molecular formula is C36H40F3N7O4. The number of aromatic nitrogens is 1. The Labute approximate surface area is 287 Å². The monoisotopic (exact) mass is 691 g/mol. The van der Waals surface area contributed by atoms with Crippen LogP contribution in [0.3, 0.4) is 0 Å². The van der Waals surface area contributed by atoms with E-state index in [1.54, 1.807) is 30.3 Å². The van der Waals surface area contributed by atoms with Gasteiger partial charge in [-0.1, -0.05) is 63.3 Å². The molecule has 0 fully saturated rings. The van der Waals surface area contributed by atoms with Gasteiger partial charge < -0.3 is 26.4 Å². The molecule has 50 heavy (non-hydrogen) atoms. The van der Waals surface area contributed by atoms with Crippen LogP contribution in [-0.4, -0.2) is 41.6 Å². The number of alkyl carbamates (subject to hydrolysis) is 1. The van der Waals surface area contributed by atoms with Crippen molar-refractivity contribution in [3.8, 4) is 11.3 Å². The van der Waals surface area contributed by atoms with Gasteiger partial charge in [-0.3, -0.25) is 24.9 Å². The number of nitrogens with zero attached hydrogens (tertiary/aromatic N) is 1. The maximum absolute atomic E-state index is 13.8. The first kappa shape index (κ1) is 35.8. The Hall–Kier alpha value is -5.53. The number of allylic oxidation sites excluding steroid dienone is 3. The largest absolute Gasteiger partial charge is 0.445 e. The minimum atomic E-state index is -4.68. The molecule has 0 bridgehead atoms. The highest BCUT2D eigenvalue weighted by Gasteiger charge is 2.32. The van der Waals surface area contributed by atoms with E-state index in [2.05, 4.69) is 21.3 Å². The highest BCUT2D eigenvalue weighted by atomic mass is 19.4. The van der Waals surface area contributed by atoms with E-state index in [1.165, 1.54) is 6.07 Å². The third-order valence-electron chi connectivity index (χ3n) is 8.73. The molecular weight excluding hydrogens is 651 g/mol. The lowest BCUT2D eigenvalue weighted by Gasteiger charge is -2.31. The third kappa shape index (κ3) is 8.54. The molecule has 5 rings (SSSR count). The summed E-state index contributed by atoms with van der Waals surface area (Å²) >= 11 is 0. The number of ether oxygens (including phenoxy) is 1. The minimum absolute atomic E-state index is 0.0334. The fourth-order valence-corrected chi connectivity index (χ4v) is 5.67. The van der Waals surface area contributed by atoms with E-state index in [9.17, 15) is 27.6 Å². The lowest BCUT2D eigenvalue weighted by molar-refractivity contribution is -0.137. The number of amides is 2. The van der Waals surface area contributed by atoms with Crippen LogP contribution in [0.4, 0.5) is 35.0 Å². The number of alkyl halides is 3. The maximum Gasteiger partial charge on any atom is 0.416 e. The van der Waals surface area contributed by atoms with E-state index in [0.29, 0.717) is 23.4 Å². The van der Waals surface area contributed by atoms with Gasteiger partial charge in [-0.2, -0.15) is 13.2 Å². The summed E-state index contributed by atoms with van der Waals surface area (Å²) < 4.78 is 47.5. The molecule has 2 aliphatic rings. The summed E-state index contributed by atoms with van der Waals surface area (Å²) in [4.78, 5) is 39.3. The molecule has 264 valence electrons. The molecule has 1 aliphatic carbocycles. The average Bonchev–Trinajstić information content (AvgIpc) is 3.07. The number of nitrogens with one attached hydrogen (secondary N) is 5. The van der Waals surface area contributed by atoms with Crippen molar-refractivity contribution in [1.29, 1.82) is 5.41 Å². The molecule has 2 atom stereocenters. The number of benzene rings is 2. The van der Waals surface area contributed by atoms with Crippen LogP contribution in [0.1, 0.15) is 43.9 Å². The zero-order valence-corrected chi connectivity index (χ0v) is 27.9. The summed E-state index contributed by atoms with van der Waals surface area (Å²) in [6.45, 7) is 6.23. The van der Waals surface area contributed by atoms with Crippen molar-refractivity contribution in [1.82, 2.24) is 15.2 Å². The first-order valence-electron chi connectivity index (χ1n) is 16.2. The molecule has 1 aliphatic heterocycles. The Kier molecular flexibility index (Phi) is 10.7. The lowest BCUT2D eigenvalue weighted by atomic mass is 9.94. The summed E-state index contributed by atoms with van der Waals surface area (Å²) in [5.41, 5.74) is 6.98. The van der Waals surface area contributed by atoms with E-state index in [0.717, 1.165) is 28.7 Å². The normalized spacial score (nSPS) is 16.8. The number of rotatable bonds is 9. The standard InChI is InChI=1S/C36H40F3N7O4/c1-20(2)29-17-42-28-15-30(25-12-26(36(37,38)39)14-27(40)13-25)46(34(48)32(28)44-29)18-31(47)43-16-22-8-10-23(11-9-22)33(41)45-35(49)50-19-24-7-5-4-6-21(24)3/h4-5,7-15,20-21,29,42,44H,6,16-19,40H2,1-3H3,(H,43,47)(H2,41,45,49). The van der Waals surface area contributed by atoms with E-state index in [-0.39, 0.29) is 59.5 Å². The molecule has 0 spiro atoms. The quantitative estimate of drug-likeness (QED) is 0.0929. The van der Waals surface area contributed by atoms with Gasteiger partial charge in [-0.05, 0) is 53.7 Å². The Bertz CT molecular complexity index is 1900. The summed E-state index contributed by atoms with van der Waals surface area (Å²) in [7, 11) is 0. The SMILES string of the molecule is CC1CC=CC=C1COC(=O)NC(=N)c1ccc(CNC(=O)Cn2c(-c3cc(N)cc(C(F)(F)F)c3)cc3c(c2=O)NC(C(C)C)CN3)cc1. The van der Waals surface area contributed by atoms with Crippen LogP contribution in [0.25, 0.3) is 11.3 Å². The zero-order valence-electron chi connectivity index (χ0n) is 27.9. The predicted octanol–water partition coefficient (Wildman–Crippen LogP) is 5.87. The second-order valence-corrected chi connectivity index (χ2v) is 12.8. The number of anilines is 3. The van der Waals surface area contributed by atoms with Crippen molar-refractivity contribution in [2.75, 3.05) is 29.5 Å². The molecule has 1 aromatic heterocycles.